The summed E-state index contributed by atoms with van der Waals surface area (Å²) in [5.41, 5.74) is 1.83. The highest BCUT2D eigenvalue weighted by molar-refractivity contribution is 5.99. The topological polar surface area (TPSA) is 97.1 Å². The lowest BCUT2D eigenvalue weighted by Crippen LogP contribution is -2.40. The highest BCUT2D eigenvalue weighted by Gasteiger charge is 2.19. The molecule has 0 aliphatic rings. The molecule has 0 spiro atoms. The molecule has 2 aromatic rings. The summed E-state index contributed by atoms with van der Waals surface area (Å²) in [5.74, 6) is -1.47. The van der Waals surface area contributed by atoms with Crippen LogP contribution in [-0.4, -0.2) is 38.0 Å². The lowest BCUT2D eigenvalue weighted by atomic mass is 10.1. The number of carbonyl (C=O) groups is 2. The first-order valence-corrected chi connectivity index (χ1v) is 6.43. The zero-order valence-corrected chi connectivity index (χ0v) is 11.3. The summed E-state index contributed by atoms with van der Waals surface area (Å²) in [5, 5.41) is 19.4. The van der Waals surface area contributed by atoms with Crippen molar-refractivity contribution >= 4 is 22.9 Å². The number of hydrogen-bond donors (Lipinski definition) is 2. The Morgan fingerprint density at radius 3 is 2.75 bits per heavy atom. The molecule has 1 atom stereocenters. The Morgan fingerprint density at radius 2 is 2.15 bits per heavy atom. The summed E-state index contributed by atoms with van der Waals surface area (Å²) in [6, 6.07) is 4.12. The number of amides is 1. The number of nitrogens with one attached hydrogen (secondary N) is 1. The van der Waals surface area contributed by atoms with E-state index in [0.29, 0.717) is 24.0 Å². The molecule has 1 unspecified atom stereocenters. The Morgan fingerprint density at radius 1 is 1.40 bits per heavy atom. The van der Waals surface area contributed by atoms with Crippen LogP contribution in [0.2, 0.25) is 0 Å². The van der Waals surface area contributed by atoms with Crippen molar-refractivity contribution in [2.75, 3.05) is 0 Å². The lowest BCUT2D eigenvalue weighted by Gasteiger charge is -2.12. The maximum atomic E-state index is 12.0. The molecule has 7 heteroatoms. The van der Waals surface area contributed by atoms with E-state index in [0.717, 1.165) is 5.52 Å². The van der Waals surface area contributed by atoms with Gasteiger partial charge in [-0.3, -0.25) is 4.79 Å². The third-order valence-corrected chi connectivity index (χ3v) is 3.09. The molecule has 0 aliphatic carbocycles. The predicted octanol–water partition coefficient (Wildman–Crippen LogP) is 1.04. The molecule has 0 saturated heterocycles. The van der Waals surface area contributed by atoms with Crippen LogP contribution < -0.4 is 5.32 Å². The first kappa shape index (κ1) is 14.0. The summed E-state index contributed by atoms with van der Waals surface area (Å²) in [6.45, 7) is 4.35. The van der Waals surface area contributed by atoms with Crippen molar-refractivity contribution in [2.24, 2.45) is 0 Å². The number of aliphatic carboxylic acids is 1. The molecule has 0 radical (unpaired) electrons. The molecule has 1 amide bonds. The second kappa shape index (κ2) is 5.68. The number of carboxylic acid groups (broad SMARTS) is 1. The third-order valence-electron chi connectivity index (χ3n) is 3.09. The molecular weight excluding hydrogens is 260 g/mol. The van der Waals surface area contributed by atoms with Gasteiger partial charge in [0.25, 0.3) is 5.91 Å². The molecule has 106 valence electrons. The molecule has 1 aromatic carbocycles. The summed E-state index contributed by atoms with van der Waals surface area (Å²) in [6.07, 6.45) is 0.329. The van der Waals surface area contributed by atoms with Crippen molar-refractivity contribution in [1.82, 2.24) is 20.3 Å². The van der Waals surface area contributed by atoms with Crippen molar-refractivity contribution < 1.29 is 14.7 Å². The van der Waals surface area contributed by atoms with Gasteiger partial charge in [0, 0.05) is 12.1 Å². The van der Waals surface area contributed by atoms with Crippen LogP contribution in [0.5, 0.6) is 0 Å². The smallest absolute Gasteiger partial charge is 0.326 e. The van der Waals surface area contributed by atoms with Crippen LogP contribution in [0.4, 0.5) is 0 Å². The molecule has 0 fully saturated rings. The molecular formula is C13H16N4O3. The Bertz CT molecular complexity index is 650. The Labute approximate surface area is 115 Å². The highest BCUT2D eigenvalue weighted by atomic mass is 16.4. The molecule has 20 heavy (non-hydrogen) atoms. The number of rotatable bonds is 5. The van der Waals surface area contributed by atoms with E-state index in [4.69, 9.17) is 5.11 Å². The van der Waals surface area contributed by atoms with E-state index in [1.807, 2.05) is 6.92 Å². The van der Waals surface area contributed by atoms with E-state index in [2.05, 4.69) is 15.6 Å². The maximum Gasteiger partial charge on any atom is 0.326 e. The van der Waals surface area contributed by atoms with Crippen molar-refractivity contribution in [3.63, 3.8) is 0 Å². The van der Waals surface area contributed by atoms with Gasteiger partial charge in [-0.25, -0.2) is 9.48 Å². The van der Waals surface area contributed by atoms with Crippen LogP contribution in [0.25, 0.3) is 11.0 Å². The Balaban J connectivity index is 2.24. The molecule has 2 rings (SSSR count). The standard InChI is InChI=1S/C13H16N4O3/c1-3-9(13(19)20)14-12(18)8-5-6-11-10(7-8)15-16-17(11)4-2/h5-7,9H,3-4H2,1-2H3,(H,14,18)(H,19,20). The van der Waals surface area contributed by atoms with Gasteiger partial charge in [-0.15, -0.1) is 5.10 Å². The zero-order valence-electron chi connectivity index (χ0n) is 11.3. The predicted molar refractivity (Wildman–Crippen MR) is 72.4 cm³/mol. The first-order chi connectivity index (χ1) is 9.56. The minimum Gasteiger partial charge on any atom is -0.480 e. The number of aryl methyl sites for hydroxylation is 1. The van der Waals surface area contributed by atoms with E-state index in [-0.39, 0.29) is 0 Å². The Kier molecular flexibility index (Phi) is 3.97. The third kappa shape index (κ3) is 2.61. The maximum absolute atomic E-state index is 12.0. The van der Waals surface area contributed by atoms with Gasteiger partial charge in [0.2, 0.25) is 0 Å². The average Bonchev–Trinajstić information content (AvgIpc) is 2.86. The first-order valence-electron chi connectivity index (χ1n) is 6.43. The van der Waals surface area contributed by atoms with Crippen LogP contribution in [0.1, 0.15) is 30.6 Å². The highest BCUT2D eigenvalue weighted by Crippen LogP contribution is 2.13. The van der Waals surface area contributed by atoms with Crippen molar-refractivity contribution in [1.29, 1.82) is 0 Å². The second-order valence-electron chi connectivity index (χ2n) is 4.38. The minimum atomic E-state index is -1.04. The fourth-order valence-electron chi connectivity index (χ4n) is 1.93. The summed E-state index contributed by atoms with van der Waals surface area (Å²) in [7, 11) is 0. The van der Waals surface area contributed by atoms with E-state index < -0.39 is 17.9 Å². The monoisotopic (exact) mass is 276 g/mol. The normalized spacial score (nSPS) is 12.3. The number of fused-ring (bicyclic) bond motifs is 1. The number of benzene rings is 1. The fraction of sp³-hybridized carbons (Fsp3) is 0.385. The van der Waals surface area contributed by atoms with Crippen LogP contribution in [0, 0.1) is 0 Å². The van der Waals surface area contributed by atoms with Crippen molar-refractivity contribution in [2.45, 2.75) is 32.9 Å². The van der Waals surface area contributed by atoms with Gasteiger partial charge in [0.1, 0.15) is 11.6 Å². The van der Waals surface area contributed by atoms with E-state index >= 15 is 0 Å². The SMILES string of the molecule is CCC(NC(=O)c1ccc2c(c1)nnn2CC)C(=O)O. The zero-order chi connectivity index (χ0) is 14.7. The summed E-state index contributed by atoms with van der Waals surface area (Å²) in [4.78, 5) is 22.9. The summed E-state index contributed by atoms with van der Waals surface area (Å²) >= 11 is 0. The van der Waals surface area contributed by atoms with E-state index in [1.165, 1.54) is 0 Å². The molecule has 2 N–H and O–H groups in total. The Hall–Kier alpha value is -2.44. The fourth-order valence-corrected chi connectivity index (χ4v) is 1.93. The van der Waals surface area contributed by atoms with E-state index in [1.54, 1.807) is 29.8 Å². The van der Waals surface area contributed by atoms with Gasteiger partial charge in [-0.2, -0.15) is 0 Å². The molecule has 0 aliphatic heterocycles. The van der Waals surface area contributed by atoms with Crippen LogP contribution in [-0.2, 0) is 11.3 Å². The van der Waals surface area contributed by atoms with E-state index in [9.17, 15) is 9.59 Å². The molecule has 1 aromatic heterocycles. The van der Waals surface area contributed by atoms with Crippen molar-refractivity contribution in [3.8, 4) is 0 Å². The van der Waals surface area contributed by atoms with Gasteiger partial charge >= 0.3 is 5.97 Å². The molecule has 0 saturated carbocycles. The van der Waals surface area contributed by atoms with Gasteiger partial charge in [0.15, 0.2) is 0 Å². The lowest BCUT2D eigenvalue weighted by molar-refractivity contribution is -0.139. The number of carboxylic acids is 1. The van der Waals surface area contributed by atoms with Crippen LogP contribution >= 0.6 is 0 Å². The number of hydrogen-bond acceptors (Lipinski definition) is 4. The minimum absolute atomic E-state index is 0.329. The summed E-state index contributed by atoms with van der Waals surface area (Å²) < 4.78 is 1.73. The number of nitrogens with zero attached hydrogens (tertiary/aromatic N) is 3. The van der Waals surface area contributed by atoms with Gasteiger partial charge in [-0.1, -0.05) is 12.1 Å². The van der Waals surface area contributed by atoms with Gasteiger partial charge < -0.3 is 10.4 Å². The second-order valence-corrected chi connectivity index (χ2v) is 4.38. The largest absolute Gasteiger partial charge is 0.480 e. The van der Waals surface area contributed by atoms with Crippen molar-refractivity contribution in [3.05, 3.63) is 23.8 Å². The van der Waals surface area contributed by atoms with Gasteiger partial charge in [0.05, 0.1) is 5.52 Å². The van der Waals surface area contributed by atoms with Crippen LogP contribution in [0.15, 0.2) is 18.2 Å². The number of carbonyl (C=O) groups excluding carboxylic acids is 1. The van der Waals surface area contributed by atoms with Crippen LogP contribution in [0.3, 0.4) is 0 Å². The molecule has 7 nitrogen and oxygen atoms in total. The molecule has 0 bridgehead atoms. The molecule has 1 heterocycles. The van der Waals surface area contributed by atoms with Gasteiger partial charge in [-0.05, 0) is 31.5 Å². The number of aromatic nitrogens is 3. The quantitative estimate of drug-likeness (QED) is 0.850. The average molecular weight is 276 g/mol.